The van der Waals surface area contributed by atoms with Crippen molar-refractivity contribution >= 4 is 22.1 Å². The zero-order chi connectivity index (χ0) is 37.0. The first kappa shape index (κ1) is 46.4. The lowest BCUT2D eigenvalue weighted by Crippen LogP contribution is -2.60. The number of esters is 2. The second kappa shape index (κ2) is 28.9. The molecular weight excluding hydrogens is 668 g/mol. The molecule has 1 aliphatic rings. The van der Waals surface area contributed by atoms with Gasteiger partial charge < -0.3 is 34.3 Å². The van der Waals surface area contributed by atoms with Gasteiger partial charge in [0.05, 0.1) is 6.61 Å². The molecule has 1 saturated heterocycles. The molecule has 1 fully saturated rings. The molecule has 0 aliphatic carbocycles. The molecule has 13 heteroatoms. The lowest BCUT2D eigenvalue weighted by molar-refractivity contribution is -0.297. The predicted octanol–water partition coefficient (Wildman–Crippen LogP) is 6.33. The van der Waals surface area contributed by atoms with Crippen LogP contribution in [0.3, 0.4) is 0 Å². The van der Waals surface area contributed by atoms with Crippen LogP contribution in [0.15, 0.2) is 12.2 Å². The van der Waals surface area contributed by atoms with Crippen LogP contribution in [0, 0.1) is 0 Å². The Kier molecular flexibility index (Phi) is 26.8. The second-order valence-corrected chi connectivity index (χ2v) is 15.1. The normalized spacial score (nSPS) is 21.8. The molecule has 1 aliphatic heterocycles. The number of carbonyl (C=O) groups is 2. The number of carbonyl (C=O) groups excluding carboxylic acids is 2. The topological polar surface area (TPSA) is 186 Å². The maximum atomic E-state index is 12.6. The number of aliphatic hydroxyl groups excluding tert-OH is 3. The van der Waals surface area contributed by atoms with Gasteiger partial charge in [0.1, 0.15) is 36.8 Å². The molecule has 0 aromatic carbocycles. The van der Waals surface area contributed by atoms with Crippen LogP contribution in [-0.4, -0.2) is 96.0 Å². The van der Waals surface area contributed by atoms with Gasteiger partial charge in [0, 0.05) is 12.8 Å². The Balaban J connectivity index is 2.48. The van der Waals surface area contributed by atoms with Gasteiger partial charge in [0.25, 0.3) is 10.1 Å². The van der Waals surface area contributed by atoms with Crippen LogP contribution in [0.4, 0.5) is 0 Å². The highest BCUT2D eigenvalue weighted by Crippen LogP contribution is 2.24. The fourth-order valence-corrected chi connectivity index (χ4v) is 6.48. The molecular formula is C37H68O12S. The maximum absolute atomic E-state index is 12.6. The van der Waals surface area contributed by atoms with Crippen molar-refractivity contribution in [2.24, 2.45) is 0 Å². The molecule has 0 radical (unpaired) electrons. The van der Waals surface area contributed by atoms with E-state index in [1.165, 1.54) is 57.8 Å². The third kappa shape index (κ3) is 23.8. The molecule has 0 aromatic rings. The molecule has 0 aromatic heterocycles. The zero-order valence-electron chi connectivity index (χ0n) is 30.8. The van der Waals surface area contributed by atoms with Crippen LogP contribution in [-0.2, 0) is 38.7 Å². The van der Waals surface area contributed by atoms with E-state index in [9.17, 15) is 37.9 Å². The molecule has 1 heterocycles. The van der Waals surface area contributed by atoms with E-state index in [1.807, 2.05) is 0 Å². The quantitative estimate of drug-likeness (QED) is 0.0269. The van der Waals surface area contributed by atoms with Gasteiger partial charge in [-0.05, 0) is 38.5 Å². The summed E-state index contributed by atoms with van der Waals surface area (Å²) < 4.78 is 53.6. The highest BCUT2D eigenvalue weighted by Gasteiger charge is 2.46. The van der Waals surface area contributed by atoms with Crippen molar-refractivity contribution in [1.82, 2.24) is 0 Å². The van der Waals surface area contributed by atoms with Crippen LogP contribution in [0.2, 0.25) is 0 Å². The highest BCUT2D eigenvalue weighted by atomic mass is 32.2. The largest absolute Gasteiger partial charge is 0.462 e. The molecule has 294 valence electrons. The van der Waals surface area contributed by atoms with Crippen LogP contribution in [0.25, 0.3) is 0 Å². The minimum atomic E-state index is -4.59. The van der Waals surface area contributed by atoms with E-state index in [2.05, 4.69) is 26.0 Å². The fourth-order valence-electron chi connectivity index (χ4n) is 5.79. The fraction of sp³-hybridized carbons (Fsp3) is 0.892. The van der Waals surface area contributed by atoms with E-state index in [1.54, 1.807) is 0 Å². The Hall–Kier alpha value is -1.61. The highest BCUT2D eigenvalue weighted by molar-refractivity contribution is 7.85. The van der Waals surface area contributed by atoms with E-state index >= 15 is 0 Å². The van der Waals surface area contributed by atoms with Gasteiger partial charge in [-0.2, -0.15) is 8.42 Å². The molecule has 0 saturated carbocycles. The minimum Gasteiger partial charge on any atom is -0.462 e. The number of hydrogen-bond acceptors (Lipinski definition) is 11. The average Bonchev–Trinajstić information content (AvgIpc) is 3.07. The van der Waals surface area contributed by atoms with E-state index in [0.717, 1.165) is 57.8 Å². The molecule has 0 bridgehead atoms. The summed E-state index contributed by atoms with van der Waals surface area (Å²) >= 11 is 0. The first-order valence-corrected chi connectivity index (χ1v) is 20.9. The second-order valence-electron chi connectivity index (χ2n) is 13.6. The smallest absolute Gasteiger partial charge is 0.306 e. The Labute approximate surface area is 301 Å². The van der Waals surface area contributed by atoms with Gasteiger partial charge in [-0.1, -0.05) is 116 Å². The Morgan fingerprint density at radius 2 is 1.14 bits per heavy atom. The van der Waals surface area contributed by atoms with Crippen LogP contribution in [0.1, 0.15) is 155 Å². The Morgan fingerprint density at radius 1 is 0.660 bits per heavy atom. The van der Waals surface area contributed by atoms with Crippen molar-refractivity contribution in [3.63, 3.8) is 0 Å². The van der Waals surface area contributed by atoms with Crippen LogP contribution >= 0.6 is 0 Å². The van der Waals surface area contributed by atoms with Crippen molar-refractivity contribution in [2.45, 2.75) is 192 Å². The van der Waals surface area contributed by atoms with Gasteiger partial charge in [-0.25, -0.2) is 0 Å². The van der Waals surface area contributed by atoms with Crippen LogP contribution in [0.5, 0.6) is 0 Å². The molecule has 50 heavy (non-hydrogen) atoms. The number of unbranched alkanes of at least 4 members (excludes halogenated alkanes) is 17. The predicted molar refractivity (Wildman–Crippen MR) is 192 cm³/mol. The summed E-state index contributed by atoms with van der Waals surface area (Å²) in [6.07, 6.45) is 17.3. The molecule has 2 unspecified atom stereocenters. The standard InChI is InChI=1S/C37H68O12S/c1-3-5-7-9-11-12-13-14-15-16-17-18-20-21-23-25-32(38)46-27-30(48-33(39)26-24-22-19-10-8-6-4-2)28-47-37-36(42)35(41)34(40)31(49-37)29-50(43,44)45/h16-17,30-31,34-37,40-42H,3-15,18-29H2,1-2H3,(H,43,44,45)/b17-16+/t30-,31-,34-,35?,36?,37+/m1/s1. The molecule has 0 spiro atoms. The van der Waals surface area contributed by atoms with E-state index in [-0.39, 0.29) is 19.4 Å². The van der Waals surface area contributed by atoms with E-state index in [4.69, 9.17) is 18.9 Å². The zero-order valence-corrected chi connectivity index (χ0v) is 31.6. The molecule has 4 N–H and O–H groups in total. The molecule has 0 amide bonds. The maximum Gasteiger partial charge on any atom is 0.306 e. The Bertz CT molecular complexity index is 1000. The van der Waals surface area contributed by atoms with Gasteiger partial charge in [0.2, 0.25) is 0 Å². The number of ether oxygens (including phenoxy) is 4. The van der Waals surface area contributed by atoms with Gasteiger partial charge in [-0.15, -0.1) is 0 Å². The molecule has 1 rings (SSSR count). The number of rotatable bonds is 31. The van der Waals surface area contributed by atoms with Crippen molar-refractivity contribution in [3.05, 3.63) is 12.2 Å². The molecule has 12 nitrogen and oxygen atoms in total. The van der Waals surface area contributed by atoms with Crippen molar-refractivity contribution < 1.29 is 56.8 Å². The summed E-state index contributed by atoms with van der Waals surface area (Å²) in [5.41, 5.74) is 0. The summed E-state index contributed by atoms with van der Waals surface area (Å²) in [6.45, 7) is 3.66. The minimum absolute atomic E-state index is 0.162. The number of hydrogen-bond donors (Lipinski definition) is 4. The van der Waals surface area contributed by atoms with Crippen molar-refractivity contribution in [3.8, 4) is 0 Å². The number of allylic oxidation sites excluding steroid dienone is 2. The van der Waals surface area contributed by atoms with Gasteiger partial charge in [0.15, 0.2) is 12.4 Å². The average molecular weight is 737 g/mol. The first-order chi connectivity index (χ1) is 24.0. The van der Waals surface area contributed by atoms with E-state index < -0.39 is 71.2 Å². The number of aliphatic hydroxyl groups is 3. The van der Waals surface area contributed by atoms with Gasteiger partial charge >= 0.3 is 11.9 Å². The lowest BCUT2D eigenvalue weighted by Gasteiger charge is -2.40. The van der Waals surface area contributed by atoms with Crippen molar-refractivity contribution in [1.29, 1.82) is 0 Å². The lowest BCUT2D eigenvalue weighted by atomic mass is 10.00. The summed E-state index contributed by atoms with van der Waals surface area (Å²) in [5, 5.41) is 30.6. The molecule has 6 atom stereocenters. The first-order valence-electron chi connectivity index (χ1n) is 19.2. The van der Waals surface area contributed by atoms with Gasteiger partial charge in [-0.3, -0.25) is 14.1 Å². The van der Waals surface area contributed by atoms with E-state index in [0.29, 0.717) is 12.8 Å². The summed E-state index contributed by atoms with van der Waals surface area (Å²) in [4.78, 5) is 25.1. The summed E-state index contributed by atoms with van der Waals surface area (Å²) in [5.74, 6) is -2.01. The van der Waals surface area contributed by atoms with Crippen molar-refractivity contribution in [2.75, 3.05) is 19.0 Å². The summed E-state index contributed by atoms with van der Waals surface area (Å²) in [7, 11) is -4.59. The van der Waals surface area contributed by atoms with Crippen LogP contribution < -0.4 is 0 Å². The SMILES string of the molecule is CCCCCCCCCC/C=C/CCCCCC(=O)OC[C@H](CO[C@H]1O[C@H](CS(=O)(=O)O)[C@@H](O)C(O)C1O)OC(=O)CCCCCCCCC. The monoisotopic (exact) mass is 736 g/mol. The Morgan fingerprint density at radius 3 is 1.68 bits per heavy atom. The third-order valence-corrected chi connectivity index (χ3v) is 9.60. The third-order valence-electron chi connectivity index (χ3n) is 8.85. The summed E-state index contributed by atoms with van der Waals surface area (Å²) in [6, 6.07) is 0.